The lowest BCUT2D eigenvalue weighted by Gasteiger charge is -2.18. The smallest absolute Gasteiger partial charge is 0.189 e. The topological polar surface area (TPSA) is 100 Å². The first-order chi connectivity index (χ1) is 8.99. The van der Waals surface area contributed by atoms with E-state index in [0.717, 1.165) is 0 Å². The summed E-state index contributed by atoms with van der Waals surface area (Å²) in [7, 11) is 0. The first kappa shape index (κ1) is 15.2. The van der Waals surface area contributed by atoms with E-state index in [2.05, 4.69) is 15.0 Å². The predicted molar refractivity (Wildman–Crippen MR) is 69.5 cm³/mol. The van der Waals surface area contributed by atoms with Crippen molar-refractivity contribution >= 4 is 0 Å². The molecule has 0 atom stereocenters. The Morgan fingerprint density at radius 1 is 1.47 bits per heavy atom. The number of aromatic nitrogens is 1. The molecule has 0 unspecified atom stereocenters. The number of aliphatic hydroxyl groups is 1. The van der Waals surface area contributed by atoms with Gasteiger partial charge in [0, 0.05) is 11.5 Å². The second-order valence-corrected chi connectivity index (χ2v) is 4.34. The first-order valence-electron chi connectivity index (χ1n) is 5.93. The van der Waals surface area contributed by atoms with E-state index in [9.17, 15) is 5.11 Å². The van der Waals surface area contributed by atoms with Crippen molar-refractivity contribution in [2.24, 2.45) is 5.11 Å². The summed E-state index contributed by atoms with van der Waals surface area (Å²) >= 11 is 0. The fraction of sp³-hybridized carbons (Fsp3) is 0.583. The third-order valence-corrected chi connectivity index (χ3v) is 2.34. The normalized spacial score (nSPS) is 10.9. The molecule has 1 N–H and O–H groups in total. The Balaban J connectivity index is 2.98. The number of rotatable bonds is 7. The fourth-order valence-electron chi connectivity index (χ4n) is 1.36. The van der Waals surface area contributed by atoms with Crippen LogP contribution in [0.3, 0.4) is 0 Å². The summed E-state index contributed by atoms with van der Waals surface area (Å²) in [5.41, 5.74) is 8.27. The van der Waals surface area contributed by atoms with Gasteiger partial charge in [-0.15, -0.1) is 0 Å². The Hall–Kier alpha value is -1.82. The monoisotopic (exact) mass is 266 g/mol. The molecule has 1 aromatic heterocycles. The molecule has 0 saturated heterocycles. The Morgan fingerprint density at radius 2 is 2.21 bits per heavy atom. The van der Waals surface area contributed by atoms with Crippen molar-refractivity contribution in [3.05, 3.63) is 34.0 Å². The number of ether oxygens (including phenoxy) is 2. The van der Waals surface area contributed by atoms with Gasteiger partial charge in [0.1, 0.15) is 11.4 Å². The standard InChI is InChI=1S/C12H18N4O3/c1-4-18-8-19-10-5-6-11(12(2,3)17)15-9(10)7-14-16-13/h5-6,17H,4,7-8H2,1-3H3. The van der Waals surface area contributed by atoms with Crippen molar-refractivity contribution in [3.63, 3.8) is 0 Å². The van der Waals surface area contributed by atoms with Gasteiger partial charge in [-0.2, -0.15) is 0 Å². The molecule has 0 bridgehead atoms. The molecule has 1 aromatic rings. The highest BCUT2D eigenvalue weighted by Gasteiger charge is 2.19. The summed E-state index contributed by atoms with van der Waals surface area (Å²) in [6.07, 6.45) is 0. The van der Waals surface area contributed by atoms with E-state index >= 15 is 0 Å². The Morgan fingerprint density at radius 3 is 2.79 bits per heavy atom. The Labute approximate surface area is 111 Å². The molecule has 19 heavy (non-hydrogen) atoms. The van der Waals surface area contributed by atoms with E-state index in [0.29, 0.717) is 23.7 Å². The summed E-state index contributed by atoms with van der Waals surface area (Å²) in [4.78, 5) is 6.96. The lowest BCUT2D eigenvalue weighted by molar-refractivity contribution is 0.0213. The molecule has 104 valence electrons. The van der Waals surface area contributed by atoms with E-state index in [-0.39, 0.29) is 13.3 Å². The third-order valence-electron chi connectivity index (χ3n) is 2.34. The lowest BCUT2D eigenvalue weighted by Crippen LogP contribution is -2.18. The van der Waals surface area contributed by atoms with Crippen LogP contribution in [0.1, 0.15) is 32.2 Å². The van der Waals surface area contributed by atoms with Crippen LogP contribution in [0.15, 0.2) is 17.2 Å². The zero-order valence-corrected chi connectivity index (χ0v) is 11.3. The lowest BCUT2D eigenvalue weighted by atomic mass is 10.0. The van der Waals surface area contributed by atoms with Crippen LogP contribution >= 0.6 is 0 Å². The van der Waals surface area contributed by atoms with Crippen LogP contribution in [0.4, 0.5) is 0 Å². The first-order valence-corrected chi connectivity index (χ1v) is 5.93. The highest BCUT2D eigenvalue weighted by Crippen LogP contribution is 2.24. The van der Waals surface area contributed by atoms with E-state index in [1.807, 2.05) is 6.92 Å². The summed E-state index contributed by atoms with van der Waals surface area (Å²) < 4.78 is 10.5. The zero-order chi connectivity index (χ0) is 14.3. The van der Waals surface area contributed by atoms with Gasteiger partial charge in [0.15, 0.2) is 6.79 Å². The molecular formula is C12H18N4O3. The molecule has 1 heterocycles. The van der Waals surface area contributed by atoms with E-state index in [4.69, 9.17) is 15.0 Å². The Bertz CT molecular complexity index is 465. The maximum atomic E-state index is 9.91. The van der Waals surface area contributed by atoms with Gasteiger partial charge in [-0.1, -0.05) is 5.11 Å². The number of hydrogen-bond acceptors (Lipinski definition) is 5. The van der Waals surface area contributed by atoms with Gasteiger partial charge in [0.25, 0.3) is 0 Å². The third kappa shape index (κ3) is 4.75. The Kier molecular flexibility index (Phi) is 5.57. The van der Waals surface area contributed by atoms with Crippen LogP contribution in [0, 0.1) is 0 Å². The van der Waals surface area contributed by atoms with Crippen molar-refractivity contribution in [2.45, 2.75) is 32.9 Å². The van der Waals surface area contributed by atoms with E-state index < -0.39 is 5.60 Å². The molecule has 0 amide bonds. The number of nitrogens with zero attached hydrogens (tertiary/aromatic N) is 4. The van der Waals surface area contributed by atoms with Gasteiger partial charge < -0.3 is 14.6 Å². The number of azide groups is 1. The molecule has 0 aromatic carbocycles. The van der Waals surface area contributed by atoms with Crippen molar-refractivity contribution < 1.29 is 14.6 Å². The zero-order valence-electron chi connectivity index (χ0n) is 11.3. The molecule has 0 radical (unpaired) electrons. The van der Waals surface area contributed by atoms with Gasteiger partial charge >= 0.3 is 0 Å². The van der Waals surface area contributed by atoms with Crippen LogP contribution in [-0.4, -0.2) is 23.5 Å². The second-order valence-electron chi connectivity index (χ2n) is 4.34. The summed E-state index contributed by atoms with van der Waals surface area (Å²) in [6, 6.07) is 3.35. The summed E-state index contributed by atoms with van der Waals surface area (Å²) in [5, 5.41) is 13.4. The largest absolute Gasteiger partial charge is 0.466 e. The predicted octanol–water partition coefficient (Wildman–Crippen LogP) is 2.49. The van der Waals surface area contributed by atoms with E-state index in [1.54, 1.807) is 26.0 Å². The highest BCUT2D eigenvalue weighted by molar-refractivity contribution is 5.31. The minimum atomic E-state index is -1.07. The molecule has 7 nitrogen and oxygen atoms in total. The highest BCUT2D eigenvalue weighted by atomic mass is 16.7. The average Bonchev–Trinajstić information content (AvgIpc) is 2.36. The van der Waals surface area contributed by atoms with Crippen LogP contribution in [0.25, 0.3) is 10.4 Å². The SMILES string of the molecule is CCOCOc1ccc(C(C)(C)O)nc1CN=[N+]=[N-]. The molecule has 1 rings (SSSR count). The summed E-state index contributed by atoms with van der Waals surface area (Å²) in [5.74, 6) is 0.480. The molecular weight excluding hydrogens is 248 g/mol. The minimum Gasteiger partial charge on any atom is -0.466 e. The molecule has 0 aliphatic heterocycles. The molecule has 0 fully saturated rings. The van der Waals surface area contributed by atoms with Crippen LogP contribution in [0.5, 0.6) is 5.75 Å². The molecule has 0 aliphatic rings. The van der Waals surface area contributed by atoms with E-state index in [1.165, 1.54) is 0 Å². The molecule has 0 saturated carbocycles. The maximum Gasteiger partial charge on any atom is 0.189 e. The summed E-state index contributed by atoms with van der Waals surface area (Å²) in [6.45, 7) is 5.83. The quantitative estimate of drug-likeness (QED) is 0.269. The van der Waals surface area contributed by atoms with Crippen molar-refractivity contribution in [1.29, 1.82) is 0 Å². The molecule has 7 heteroatoms. The fourth-order valence-corrected chi connectivity index (χ4v) is 1.36. The van der Waals surface area contributed by atoms with Crippen molar-refractivity contribution in [2.75, 3.05) is 13.4 Å². The van der Waals surface area contributed by atoms with Crippen LogP contribution < -0.4 is 4.74 Å². The van der Waals surface area contributed by atoms with Gasteiger partial charge in [0.2, 0.25) is 0 Å². The van der Waals surface area contributed by atoms with Crippen molar-refractivity contribution in [3.8, 4) is 5.75 Å². The van der Waals surface area contributed by atoms with Gasteiger partial charge in [-0.3, -0.25) is 4.98 Å². The second kappa shape index (κ2) is 6.94. The van der Waals surface area contributed by atoms with Gasteiger partial charge in [-0.25, -0.2) is 0 Å². The molecule has 0 spiro atoms. The van der Waals surface area contributed by atoms with Crippen molar-refractivity contribution in [1.82, 2.24) is 4.98 Å². The van der Waals surface area contributed by atoms with Gasteiger partial charge in [-0.05, 0) is 38.4 Å². The van der Waals surface area contributed by atoms with Gasteiger partial charge in [0.05, 0.1) is 17.9 Å². The average molecular weight is 266 g/mol. The maximum absolute atomic E-state index is 9.91. The number of hydrogen-bond donors (Lipinski definition) is 1. The minimum absolute atomic E-state index is 0.0574. The van der Waals surface area contributed by atoms with Crippen LogP contribution in [0.2, 0.25) is 0 Å². The van der Waals surface area contributed by atoms with Crippen LogP contribution in [-0.2, 0) is 16.9 Å². The molecule has 0 aliphatic carbocycles. The number of pyridine rings is 1.